The van der Waals surface area contributed by atoms with Crippen LogP contribution in [0.3, 0.4) is 0 Å². The first kappa shape index (κ1) is 23.5. The number of ether oxygens (including phenoxy) is 2. The molecule has 9 nitrogen and oxygen atoms in total. The van der Waals surface area contributed by atoms with Crippen molar-refractivity contribution in [2.45, 2.75) is 32.4 Å². The van der Waals surface area contributed by atoms with Gasteiger partial charge in [0.05, 0.1) is 0 Å². The van der Waals surface area contributed by atoms with Crippen molar-refractivity contribution in [2.75, 3.05) is 6.61 Å². The van der Waals surface area contributed by atoms with E-state index in [1.807, 2.05) is 18.2 Å². The summed E-state index contributed by atoms with van der Waals surface area (Å²) in [5.41, 5.74) is 1.38. The minimum Gasteiger partial charge on any atom is -0.484 e. The highest BCUT2D eigenvalue weighted by Gasteiger charge is 2.22. The maximum absolute atomic E-state index is 12.2. The molecule has 0 aliphatic heterocycles. The van der Waals surface area contributed by atoms with E-state index in [2.05, 4.69) is 5.32 Å². The number of benzene rings is 2. The number of hydrogen-bond donors (Lipinski definition) is 2. The molecule has 9 heteroatoms. The second kappa shape index (κ2) is 10.9. The molecule has 0 aliphatic rings. The Kier molecular flexibility index (Phi) is 7.80. The lowest BCUT2D eigenvalue weighted by molar-refractivity contribution is -0.146. The van der Waals surface area contributed by atoms with Gasteiger partial charge in [-0.05, 0) is 36.6 Å². The Balaban J connectivity index is 1.48. The van der Waals surface area contributed by atoms with E-state index in [9.17, 15) is 24.3 Å². The van der Waals surface area contributed by atoms with E-state index >= 15 is 0 Å². The van der Waals surface area contributed by atoms with E-state index in [1.165, 1.54) is 12.1 Å². The van der Waals surface area contributed by atoms with Crippen LogP contribution in [0.4, 0.5) is 0 Å². The van der Waals surface area contributed by atoms with Crippen molar-refractivity contribution >= 4 is 28.8 Å². The monoisotopic (exact) mass is 453 g/mol. The van der Waals surface area contributed by atoms with Gasteiger partial charge in [0, 0.05) is 23.9 Å². The zero-order valence-electron chi connectivity index (χ0n) is 17.9. The van der Waals surface area contributed by atoms with E-state index < -0.39 is 36.1 Å². The molecular weight excluding hydrogens is 430 g/mol. The Hall–Kier alpha value is -4.14. The standard InChI is InChI=1S/C24H23NO8/c1-15-11-23(28)33-20-12-17(7-8-18(15)20)31-14-21(26)25-19(24(29)30)9-10-22(27)32-13-16-5-3-2-4-6-16/h2-8,11-12,19H,9-10,13-14H2,1H3,(H,25,26)(H,29,30)/t19-/m0/s1. The summed E-state index contributed by atoms with van der Waals surface area (Å²) in [7, 11) is 0. The van der Waals surface area contributed by atoms with Crippen LogP contribution in [-0.2, 0) is 25.7 Å². The fourth-order valence-electron chi connectivity index (χ4n) is 3.11. The molecule has 3 aromatic rings. The van der Waals surface area contributed by atoms with Crippen molar-refractivity contribution in [1.29, 1.82) is 0 Å². The van der Waals surface area contributed by atoms with Gasteiger partial charge in [-0.3, -0.25) is 9.59 Å². The van der Waals surface area contributed by atoms with Crippen LogP contribution in [0.1, 0.15) is 24.0 Å². The molecule has 0 spiro atoms. The average Bonchev–Trinajstić information content (AvgIpc) is 2.79. The van der Waals surface area contributed by atoms with Gasteiger partial charge in [0.25, 0.3) is 5.91 Å². The molecule has 2 aromatic carbocycles. The van der Waals surface area contributed by atoms with Gasteiger partial charge in [-0.1, -0.05) is 30.3 Å². The van der Waals surface area contributed by atoms with Gasteiger partial charge >= 0.3 is 17.6 Å². The first-order valence-electron chi connectivity index (χ1n) is 10.2. The SMILES string of the molecule is Cc1cc(=O)oc2cc(OCC(=O)N[C@@H](CCC(=O)OCc3ccccc3)C(=O)O)ccc12. The fraction of sp³-hybridized carbons (Fsp3) is 0.250. The van der Waals surface area contributed by atoms with Crippen LogP contribution >= 0.6 is 0 Å². The molecule has 0 radical (unpaired) electrons. The Morgan fingerprint density at radius 2 is 1.85 bits per heavy atom. The molecule has 1 aromatic heterocycles. The highest BCUT2D eigenvalue weighted by molar-refractivity contribution is 5.85. The summed E-state index contributed by atoms with van der Waals surface area (Å²) in [6.45, 7) is 1.41. The molecule has 33 heavy (non-hydrogen) atoms. The fourth-order valence-corrected chi connectivity index (χ4v) is 3.11. The van der Waals surface area contributed by atoms with Gasteiger partial charge < -0.3 is 24.3 Å². The summed E-state index contributed by atoms with van der Waals surface area (Å²) in [4.78, 5) is 47.1. The highest BCUT2D eigenvalue weighted by Crippen LogP contribution is 2.22. The third-order valence-electron chi connectivity index (χ3n) is 4.81. The predicted molar refractivity (Wildman–Crippen MR) is 118 cm³/mol. The molecule has 1 heterocycles. The van der Waals surface area contributed by atoms with Gasteiger partial charge in [-0.2, -0.15) is 0 Å². The number of fused-ring (bicyclic) bond motifs is 1. The molecule has 0 bridgehead atoms. The molecule has 1 amide bonds. The van der Waals surface area contributed by atoms with E-state index in [4.69, 9.17) is 13.9 Å². The van der Waals surface area contributed by atoms with Crippen LogP contribution in [0.15, 0.2) is 63.8 Å². The van der Waals surface area contributed by atoms with Crippen LogP contribution in [0.25, 0.3) is 11.0 Å². The van der Waals surface area contributed by atoms with E-state index in [-0.39, 0.29) is 25.2 Å². The second-order valence-corrected chi connectivity index (χ2v) is 7.34. The zero-order chi connectivity index (χ0) is 23.8. The first-order valence-corrected chi connectivity index (χ1v) is 10.2. The van der Waals surface area contributed by atoms with Crippen LogP contribution in [0.5, 0.6) is 5.75 Å². The number of esters is 1. The van der Waals surface area contributed by atoms with Crippen molar-refractivity contribution < 1.29 is 33.4 Å². The van der Waals surface area contributed by atoms with Crippen molar-refractivity contribution in [3.8, 4) is 5.75 Å². The number of carbonyl (C=O) groups excluding carboxylic acids is 2. The van der Waals surface area contributed by atoms with Crippen molar-refractivity contribution in [2.24, 2.45) is 0 Å². The van der Waals surface area contributed by atoms with Crippen LogP contribution in [0, 0.1) is 6.92 Å². The minimum atomic E-state index is -1.28. The molecule has 0 aliphatic carbocycles. The number of aryl methyl sites for hydroxylation is 1. The number of carbonyl (C=O) groups is 3. The van der Waals surface area contributed by atoms with Gasteiger partial charge in [-0.25, -0.2) is 9.59 Å². The van der Waals surface area contributed by atoms with Gasteiger partial charge in [0.2, 0.25) is 0 Å². The normalized spacial score (nSPS) is 11.5. The summed E-state index contributed by atoms with van der Waals surface area (Å²) in [5, 5.41) is 12.4. The topological polar surface area (TPSA) is 132 Å². The lowest BCUT2D eigenvalue weighted by Gasteiger charge is -2.15. The number of rotatable bonds is 10. The lowest BCUT2D eigenvalue weighted by atomic mass is 10.1. The predicted octanol–water partition coefficient (Wildman–Crippen LogP) is 2.57. The van der Waals surface area contributed by atoms with Gasteiger partial charge in [0.15, 0.2) is 6.61 Å². The van der Waals surface area contributed by atoms with Gasteiger partial charge in [-0.15, -0.1) is 0 Å². The molecule has 3 rings (SSSR count). The Labute approximate surface area is 188 Å². The number of carboxylic acid groups (broad SMARTS) is 1. The molecule has 0 saturated carbocycles. The first-order chi connectivity index (χ1) is 15.8. The Bertz CT molecular complexity index is 1200. The third kappa shape index (κ3) is 6.93. The number of hydrogen-bond acceptors (Lipinski definition) is 7. The van der Waals surface area contributed by atoms with E-state index in [0.717, 1.165) is 16.5 Å². The maximum atomic E-state index is 12.2. The molecular formula is C24H23NO8. The van der Waals surface area contributed by atoms with Crippen LogP contribution in [-0.4, -0.2) is 35.6 Å². The van der Waals surface area contributed by atoms with Crippen LogP contribution < -0.4 is 15.7 Å². The number of nitrogens with one attached hydrogen (secondary N) is 1. The number of amides is 1. The molecule has 172 valence electrons. The van der Waals surface area contributed by atoms with Crippen molar-refractivity contribution in [1.82, 2.24) is 5.32 Å². The highest BCUT2D eigenvalue weighted by atomic mass is 16.5. The van der Waals surface area contributed by atoms with Crippen molar-refractivity contribution in [3.05, 3.63) is 76.1 Å². The second-order valence-electron chi connectivity index (χ2n) is 7.34. The summed E-state index contributed by atoms with van der Waals surface area (Å²) >= 11 is 0. The van der Waals surface area contributed by atoms with E-state index in [1.54, 1.807) is 31.2 Å². The minimum absolute atomic E-state index is 0.0863. The molecule has 2 N–H and O–H groups in total. The van der Waals surface area contributed by atoms with E-state index in [0.29, 0.717) is 5.58 Å². The Morgan fingerprint density at radius 3 is 2.58 bits per heavy atom. The third-order valence-corrected chi connectivity index (χ3v) is 4.81. The quantitative estimate of drug-likeness (QED) is 0.354. The van der Waals surface area contributed by atoms with Gasteiger partial charge in [0.1, 0.15) is 24.0 Å². The summed E-state index contributed by atoms with van der Waals surface area (Å²) in [6, 6.07) is 14.0. The maximum Gasteiger partial charge on any atom is 0.336 e. The smallest absolute Gasteiger partial charge is 0.336 e. The zero-order valence-corrected chi connectivity index (χ0v) is 17.9. The molecule has 0 fully saturated rings. The van der Waals surface area contributed by atoms with Crippen LogP contribution in [0.2, 0.25) is 0 Å². The largest absolute Gasteiger partial charge is 0.484 e. The number of aliphatic carboxylic acids is 1. The molecule has 0 saturated heterocycles. The summed E-state index contributed by atoms with van der Waals surface area (Å²) < 4.78 is 15.6. The summed E-state index contributed by atoms with van der Waals surface area (Å²) in [6.07, 6.45) is -0.302. The Morgan fingerprint density at radius 1 is 1.09 bits per heavy atom. The summed E-state index contributed by atoms with van der Waals surface area (Å²) in [5.74, 6) is -2.24. The number of carboxylic acids is 1. The lowest BCUT2D eigenvalue weighted by Crippen LogP contribution is -2.43. The molecule has 1 atom stereocenters. The average molecular weight is 453 g/mol. The molecule has 0 unspecified atom stereocenters. The van der Waals surface area contributed by atoms with Crippen molar-refractivity contribution in [3.63, 3.8) is 0 Å².